The molecule has 0 spiro atoms. The summed E-state index contributed by atoms with van der Waals surface area (Å²) in [5.74, 6) is 0.605. The highest BCUT2D eigenvalue weighted by atomic mass is 32.1. The van der Waals surface area contributed by atoms with E-state index in [9.17, 15) is 9.59 Å². The summed E-state index contributed by atoms with van der Waals surface area (Å²) in [4.78, 5) is 31.9. The van der Waals surface area contributed by atoms with E-state index in [4.69, 9.17) is 9.52 Å². The lowest BCUT2D eigenvalue weighted by Crippen LogP contribution is -2.48. The number of carboxylic acids is 1. The summed E-state index contributed by atoms with van der Waals surface area (Å²) >= 11 is 1.40. The molecule has 0 radical (unpaired) electrons. The van der Waals surface area contributed by atoms with Crippen molar-refractivity contribution in [1.29, 1.82) is 0 Å². The Morgan fingerprint density at radius 1 is 1.38 bits per heavy atom. The summed E-state index contributed by atoms with van der Waals surface area (Å²) in [7, 11) is 0. The van der Waals surface area contributed by atoms with Gasteiger partial charge in [-0.25, -0.2) is 4.98 Å². The predicted octanol–water partition coefficient (Wildman–Crippen LogP) is 2.72. The van der Waals surface area contributed by atoms with E-state index in [-0.39, 0.29) is 18.5 Å². The monoisotopic (exact) mass is 377 g/mol. The third-order valence-electron chi connectivity index (χ3n) is 4.69. The van der Waals surface area contributed by atoms with Gasteiger partial charge in [-0.2, -0.15) is 0 Å². The predicted molar refractivity (Wildman–Crippen MR) is 98.4 cm³/mol. The van der Waals surface area contributed by atoms with Crippen LogP contribution in [0.15, 0.2) is 21.9 Å². The largest absolute Gasteiger partial charge is 0.480 e. The first-order valence-electron chi connectivity index (χ1n) is 8.75. The summed E-state index contributed by atoms with van der Waals surface area (Å²) in [6.45, 7) is 5.82. The minimum absolute atomic E-state index is 0.0487. The normalized spacial score (nSPS) is 15.6. The summed E-state index contributed by atoms with van der Waals surface area (Å²) in [5.41, 5.74) is 0.440. The topological polar surface area (TPSA) is 86.9 Å². The van der Waals surface area contributed by atoms with Crippen molar-refractivity contribution in [3.8, 4) is 10.8 Å². The van der Waals surface area contributed by atoms with Crippen LogP contribution in [0.4, 0.5) is 0 Å². The lowest BCUT2D eigenvalue weighted by molar-refractivity contribution is -0.139. The number of carbonyl (C=O) groups excluding carboxylic acids is 1. The first-order chi connectivity index (χ1) is 12.5. The lowest BCUT2D eigenvalue weighted by atomic mass is 10.0. The number of piperidine rings is 1. The number of rotatable bonds is 6. The van der Waals surface area contributed by atoms with Gasteiger partial charge in [0.25, 0.3) is 5.91 Å². The summed E-state index contributed by atoms with van der Waals surface area (Å²) in [6.07, 6.45) is 1.56. The van der Waals surface area contributed by atoms with E-state index >= 15 is 0 Å². The second-order valence-electron chi connectivity index (χ2n) is 6.43. The molecular weight excluding hydrogens is 354 g/mol. The second kappa shape index (κ2) is 8.01. The Balaban J connectivity index is 1.60. The van der Waals surface area contributed by atoms with E-state index in [1.54, 1.807) is 10.3 Å². The number of hydrogen-bond acceptors (Lipinski definition) is 6. The number of aromatic nitrogens is 1. The summed E-state index contributed by atoms with van der Waals surface area (Å²) in [6, 6.07) is 3.94. The highest BCUT2D eigenvalue weighted by molar-refractivity contribution is 7.13. The van der Waals surface area contributed by atoms with Crippen LogP contribution in [-0.4, -0.2) is 64.0 Å². The van der Waals surface area contributed by atoms with Crippen molar-refractivity contribution in [1.82, 2.24) is 14.8 Å². The molecular formula is C18H23N3O4S. The van der Waals surface area contributed by atoms with Crippen LogP contribution in [0.3, 0.4) is 0 Å². The van der Waals surface area contributed by atoms with Gasteiger partial charge < -0.3 is 14.4 Å². The van der Waals surface area contributed by atoms with Crippen LogP contribution in [0.1, 0.15) is 36.0 Å². The van der Waals surface area contributed by atoms with Crippen molar-refractivity contribution in [3.05, 3.63) is 29.0 Å². The van der Waals surface area contributed by atoms with Crippen molar-refractivity contribution in [2.24, 2.45) is 0 Å². The maximum atomic E-state index is 12.7. The molecule has 0 saturated carbocycles. The van der Waals surface area contributed by atoms with Crippen LogP contribution < -0.4 is 0 Å². The number of carbonyl (C=O) groups is 2. The average Bonchev–Trinajstić information content (AvgIpc) is 3.28. The van der Waals surface area contributed by atoms with Gasteiger partial charge in [0, 0.05) is 24.5 Å². The molecule has 0 bridgehead atoms. The minimum atomic E-state index is -0.812. The molecule has 0 aliphatic carbocycles. The molecule has 0 atom stereocenters. The van der Waals surface area contributed by atoms with Crippen LogP contribution in [0, 0.1) is 6.92 Å². The van der Waals surface area contributed by atoms with Gasteiger partial charge in [-0.1, -0.05) is 6.92 Å². The molecule has 0 aromatic carbocycles. The molecule has 1 saturated heterocycles. The molecule has 140 valence electrons. The highest BCUT2D eigenvalue weighted by Crippen LogP contribution is 2.26. The molecule has 26 heavy (non-hydrogen) atoms. The number of nitrogens with zero attached hydrogens (tertiary/aromatic N) is 3. The molecule has 2 aromatic heterocycles. The number of amides is 1. The lowest BCUT2D eigenvalue weighted by Gasteiger charge is -2.37. The van der Waals surface area contributed by atoms with Gasteiger partial charge >= 0.3 is 5.97 Å². The minimum Gasteiger partial charge on any atom is -0.480 e. The maximum Gasteiger partial charge on any atom is 0.317 e. The summed E-state index contributed by atoms with van der Waals surface area (Å²) in [5, 5.41) is 11.5. The SMILES string of the molecule is CCN(CC(=O)O)C1CCN(C(=O)c2csc(-c3ccc(C)o3)n2)CC1. The average molecular weight is 377 g/mol. The Hall–Kier alpha value is -2.19. The number of likely N-dealkylation sites (tertiary alicyclic amines) is 1. The standard InChI is InChI=1S/C18H23N3O4S/c1-3-20(10-16(22)23)13-6-8-21(9-7-13)18(24)14-11-26-17(19-14)15-5-4-12(2)25-15/h4-5,11,13H,3,6-10H2,1-2H3,(H,22,23). The molecule has 3 heterocycles. The summed E-state index contributed by atoms with van der Waals surface area (Å²) < 4.78 is 5.56. The van der Waals surface area contributed by atoms with Gasteiger partial charge in [-0.3, -0.25) is 14.5 Å². The van der Waals surface area contributed by atoms with Crippen molar-refractivity contribution in [2.75, 3.05) is 26.2 Å². The highest BCUT2D eigenvalue weighted by Gasteiger charge is 2.28. The van der Waals surface area contributed by atoms with Crippen molar-refractivity contribution in [2.45, 2.75) is 32.7 Å². The molecule has 1 aliphatic rings. The fourth-order valence-electron chi connectivity index (χ4n) is 3.30. The molecule has 1 N–H and O–H groups in total. The van der Waals surface area contributed by atoms with Crippen LogP contribution in [0.5, 0.6) is 0 Å². The van der Waals surface area contributed by atoms with Crippen molar-refractivity contribution >= 4 is 23.2 Å². The zero-order valence-electron chi connectivity index (χ0n) is 15.0. The van der Waals surface area contributed by atoms with E-state index in [0.29, 0.717) is 36.1 Å². The van der Waals surface area contributed by atoms with Crippen molar-refractivity contribution in [3.63, 3.8) is 0 Å². The molecule has 1 amide bonds. The molecule has 0 unspecified atom stereocenters. The number of thiazole rings is 1. The van der Waals surface area contributed by atoms with E-state index in [1.807, 2.05) is 30.9 Å². The molecule has 8 heteroatoms. The maximum absolute atomic E-state index is 12.7. The van der Waals surface area contributed by atoms with E-state index < -0.39 is 5.97 Å². The number of likely N-dealkylation sites (N-methyl/N-ethyl adjacent to an activating group) is 1. The second-order valence-corrected chi connectivity index (χ2v) is 7.29. The molecule has 7 nitrogen and oxygen atoms in total. The van der Waals surface area contributed by atoms with Gasteiger partial charge in [0.2, 0.25) is 0 Å². The zero-order valence-corrected chi connectivity index (χ0v) is 15.8. The van der Waals surface area contributed by atoms with E-state index in [1.165, 1.54) is 11.3 Å². The van der Waals surface area contributed by atoms with Gasteiger partial charge in [-0.05, 0) is 38.4 Å². The number of carboxylic acid groups (broad SMARTS) is 1. The third kappa shape index (κ3) is 4.13. The van der Waals surface area contributed by atoms with Crippen LogP contribution in [-0.2, 0) is 4.79 Å². The van der Waals surface area contributed by atoms with Crippen LogP contribution in [0.25, 0.3) is 10.8 Å². The molecule has 2 aromatic rings. The quantitative estimate of drug-likeness (QED) is 0.833. The van der Waals surface area contributed by atoms with Gasteiger partial charge in [-0.15, -0.1) is 11.3 Å². The Morgan fingerprint density at radius 3 is 2.69 bits per heavy atom. The van der Waals surface area contributed by atoms with Crippen LogP contribution in [0.2, 0.25) is 0 Å². The smallest absolute Gasteiger partial charge is 0.317 e. The Kier molecular flexibility index (Phi) is 5.73. The third-order valence-corrected chi connectivity index (χ3v) is 5.54. The van der Waals surface area contributed by atoms with Gasteiger partial charge in [0.15, 0.2) is 10.8 Å². The van der Waals surface area contributed by atoms with Crippen molar-refractivity contribution < 1.29 is 19.1 Å². The van der Waals surface area contributed by atoms with Gasteiger partial charge in [0.05, 0.1) is 6.54 Å². The molecule has 1 aliphatic heterocycles. The zero-order chi connectivity index (χ0) is 18.7. The fourth-order valence-corrected chi connectivity index (χ4v) is 4.06. The number of aryl methyl sites for hydroxylation is 1. The van der Waals surface area contributed by atoms with E-state index in [2.05, 4.69) is 4.98 Å². The first kappa shape index (κ1) is 18.6. The van der Waals surface area contributed by atoms with E-state index in [0.717, 1.165) is 18.6 Å². The number of hydrogen-bond donors (Lipinski definition) is 1. The molecule has 1 fully saturated rings. The van der Waals surface area contributed by atoms with Gasteiger partial charge in [0.1, 0.15) is 11.5 Å². The Morgan fingerprint density at radius 2 is 2.12 bits per heavy atom. The molecule has 3 rings (SSSR count). The Labute approximate surface area is 156 Å². The van der Waals surface area contributed by atoms with Crippen LogP contribution >= 0.6 is 11.3 Å². The fraction of sp³-hybridized carbons (Fsp3) is 0.500. The number of furan rings is 1. The Bertz CT molecular complexity index is 777. The first-order valence-corrected chi connectivity index (χ1v) is 9.63. The number of aliphatic carboxylic acids is 1.